The quantitative estimate of drug-likeness (QED) is 0.335. The molecule has 3 N–H and O–H groups in total. The van der Waals surface area contributed by atoms with Gasteiger partial charge in [0, 0.05) is 6.54 Å². The molecule has 4 nitrogen and oxygen atoms in total. The van der Waals surface area contributed by atoms with E-state index in [-0.39, 0.29) is 0 Å². The van der Waals surface area contributed by atoms with Gasteiger partial charge in [-0.2, -0.15) is 43.5 Å². The number of hydrogen-bond donors (Lipinski definition) is 2. The van der Waals surface area contributed by atoms with Gasteiger partial charge in [0.25, 0.3) is 11.9 Å². The predicted molar refractivity (Wildman–Crippen MR) is 66.4 cm³/mol. The number of nitrogens with two attached hydrogens (primary N) is 1. The maximum atomic E-state index is 12.9. The first-order valence-corrected chi connectivity index (χ1v) is 7.52. The molecule has 0 aliphatic carbocycles. The molecule has 0 heterocycles. The highest BCUT2D eigenvalue weighted by molar-refractivity contribution is 7.86. The minimum Gasteiger partial charge on any atom is -0.327 e. The molecule has 0 aliphatic heterocycles. The Morgan fingerprint density at radius 3 is 1.41 bits per heavy atom. The van der Waals surface area contributed by atoms with E-state index in [1.54, 1.807) is 6.08 Å². The molecule has 0 aromatic heterocycles. The van der Waals surface area contributed by atoms with Crippen molar-refractivity contribution in [2.24, 2.45) is 5.73 Å². The summed E-state index contributed by atoms with van der Waals surface area (Å²) in [6.45, 7) is 3.94. The van der Waals surface area contributed by atoms with Crippen LogP contribution in [0.15, 0.2) is 12.7 Å². The van der Waals surface area contributed by atoms with E-state index in [1.165, 1.54) is 0 Å². The number of rotatable bonds is 8. The van der Waals surface area contributed by atoms with Crippen molar-refractivity contribution in [2.45, 2.75) is 41.8 Å². The molecule has 0 spiro atoms. The van der Waals surface area contributed by atoms with Gasteiger partial charge in [0.1, 0.15) is 0 Å². The summed E-state index contributed by atoms with van der Waals surface area (Å²) < 4.78 is 178. The van der Waals surface area contributed by atoms with Crippen LogP contribution in [0.5, 0.6) is 0 Å². The van der Waals surface area contributed by atoms with Gasteiger partial charge in [-0.1, -0.05) is 6.08 Å². The summed E-state index contributed by atoms with van der Waals surface area (Å²) in [5, 5.41) is 0. The van der Waals surface area contributed by atoms with Crippen LogP contribution in [0.1, 0.15) is 0 Å². The van der Waals surface area contributed by atoms with Gasteiger partial charge in [0.05, 0.1) is 0 Å². The fourth-order valence-electron chi connectivity index (χ4n) is 1.08. The van der Waals surface area contributed by atoms with Crippen molar-refractivity contribution in [1.82, 2.24) is 0 Å². The molecule has 0 bridgehead atoms. The molecule has 0 amide bonds. The normalized spacial score (nSPS) is 16.4. The molecule has 0 aliphatic rings. The Kier molecular flexibility index (Phi) is 9.17. The van der Waals surface area contributed by atoms with Crippen LogP contribution in [0.25, 0.3) is 0 Å². The lowest BCUT2D eigenvalue weighted by atomic mass is 9.96. The fourth-order valence-corrected chi connectivity index (χ4v) is 1.60. The molecule has 0 radical (unpaired) electrons. The average molecular weight is 453 g/mol. The maximum Gasteiger partial charge on any atom is 0.382 e. The summed E-state index contributed by atoms with van der Waals surface area (Å²) in [6.07, 6.45) is -8.74. The van der Waals surface area contributed by atoms with E-state index in [2.05, 4.69) is 6.58 Å². The molecule has 2 unspecified atom stereocenters. The smallest absolute Gasteiger partial charge is 0.327 e. The Bertz CT molecular complexity index is 594. The van der Waals surface area contributed by atoms with E-state index >= 15 is 0 Å². The highest BCUT2D eigenvalue weighted by Crippen LogP contribution is 2.56. The van der Waals surface area contributed by atoms with Crippen molar-refractivity contribution < 1.29 is 65.7 Å². The third-order valence-corrected chi connectivity index (χ3v) is 3.33. The minimum atomic E-state index is -7.68. The van der Waals surface area contributed by atoms with Gasteiger partial charge < -0.3 is 5.73 Å². The van der Waals surface area contributed by atoms with E-state index in [0.717, 1.165) is 0 Å². The second kappa shape index (κ2) is 8.85. The van der Waals surface area contributed by atoms with Crippen molar-refractivity contribution in [3.63, 3.8) is 0 Å². The average Bonchev–Trinajstić information content (AvgIpc) is 2.51. The Morgan fingerprint density at radius 2 is 1.19 bits per heavy atom. The first-order valence-electron chi connectivity index (χ1n) is 6.02. The number of alkyl halides is 12. The molecule has 0 rings (SSSR count). The van der Waals surface area contributed by atoms with Crippen molar-refractivity contribution >= 4 is 10.1 Å². The van der Waals surface area contributed by atoms with Crippen LogP contribution in [0.3, 0.4) is 0 Å². The zero-order valence-corrected chi connectivity index (χ0v) is 13.3. The summed E-state index contributed by atoms with van der Waals surface area (Å²) in [5.41, 5.74) is -0.621. The summed E-state index contributed by atoms with van der Waals surface area (Å²) in [4.78, 5) is 0. The van der Waals surface area contributed by atoms with Crippen LogP contribution < -0.4 is 5.73 Å². The van der Waals surface area contributed by atoms with E-state index in [4.69, 9.17) is 10.3 Å². The SMILES string of the molecule is C=CCN.O=S(=O)(O)C(F)C(F)(F)C(F)(F)C(F)(F)C(F)(F)C(F)C(F)F. The van der Waals surface area contributed by atoms with Gasteiger partial charge >= 0.3 is 33.8 Å². The van der Waals surface area contributed by atoms with Crippen LogP contribution in [0.2, 0.25) is 0 Å². The van der Waals surface area contributed by atoms with Crippen molar-refractivity contribution in [1.29, 1.82) is 0 Å². The van der Waals surface area contributed by atoms with Crippen molar-refractivity contribution in [2.75, 3.05) is 6.54 Å². The number of hydrogen-bond acceptors (Lipinski definition) is 3. The van der Waals surface area contributed by atoms with Gasteiger partial charge in [-0.25, -0.2) is 17.6 Å². The monoisotopic (exact) mass is 453 g/mol. The van der Waals surface area contributed by atoms with Gasteiger partial charge in [0.15, 0.2) is 0 Å². The summed E-state index contributed by atoms with van der Waals surface area (Å²) in [5.74, 6) is -29.7. The Morgan fingerprint density at radius 1 is 0.889 bits per heavy atom. The summed E-state index contributed by atoms with van der Waals surface area (Å²) in [7, 11) is -6.80. The molecule has 17 heteroatoms. The highest BCUT2D eigenvalue weighted by atomic mass is 32.2. The Balaban J connectivity index is 0. The zero-order valence-electron chi connectivity index (χ0n) is 12.5. The molecule has 0 saturated carbocycles. The molecular weight excluding hydrogens is 442 g/mol. The van der Waals surface area contributed by atoms with E-state index < -0.39 is 51.9 Å². The van der Waals surface area contributed by atoms with E-state index in [1.807, 2.05) is 0 Å². The number of halogens is 12. The standard InChI is InChI=1S/C7H4F12O3S.C3H7N/c8-1(2(9)10)4(12,13)6(16,17)7(18,19)5(14,15)3(11)23(20,21)22;1-2-3-4/h1-3H,(H,20,21,22);2H,1,3-4H2. The molecule has 0 aromatic carbocycles. The zero-order chi connectivity index (χ0) is 22.6. The van der Waals surface area contributed by atoms with Gasteiger partial charge in [-0.15, -0.1) is 6.58 Å². The molecule has 27 heavy (non-hydrogen) atoms. The lowest BCUT2D eigenvalue weighted by Gasteiger charge is -2.37. The molecule has 2 atom stereocenters. The Labute approximate surface area is 143 Å². The second-order valence-electron chi connectivity index (χ2n) is 4.49. The van der Waals surface area contributed by atoms with Gasteiger partial charge in [-0.3, -0.25) is 4.55 Å². The lowest BCUT2D eigenvalue weighted by molar-refractivity contribution is -0.383. The van der Waals surface area contributed by atoms with Gasteiger partial charge in [0.2, 0.25) is 6.17 Å². The van der Waals surface area contributed by atoms with Crippen LogP contribution in [0, 0.1) is 0 Å². The molecule has 0 saturated heterocycles. The second-order valence-corrected chi connectivity index (χ2v) is 5.93. The molecular formula is C10H11F12NO3S. The fraction of sp³-hybridized carbons (Fsp3) is 0.800. The van der Waals surface area contributed by atoms with Crippen molar-refractivity contribution in [3.8, 4) is 0 Å². The third kappa shape index (κ3) is 5.40. The van der Waals surface area contributed by atoms with Crippen molar-refractivity contribution in [3.05, 3.63) is 12.7 Å². The van der Waals surface area contributed by atoms with Crippen LogP contribution >= 0.6 is 0 Å². The summed E-state index contributed by atoms with van der Waals surface area (Å²) >= 11 is 0. The molecule has 0 aromatic rings. The van der Waals surface area contributed by atoms with E-state index in [0.29, 0.717) is 6.54 Å². The molecule has 0 fully saturated rings. The van der Waals surface area contributed by atoms with Crippen LogP contribution in [0.4, 0.5) is 52.7 Å². The van der Waals surface area contributed by atoms with Crippen LogP contribution in [-0.4, -0.2) is 61.3 Å². The maximum absolute atomic E-state index is 12.9. The minimum absolute atomic E-state index is 0.583. The lowest BCUT2D eigenvalue weighted by Crippen LogP contribution is -2.68. The highest BCUT2D eigenvalue weighted by Gasteiger charge is 2.85. The Hall–Kier alpha value is -1.23. The first kappa shape index (κ1) is 28.0. The van der Waals surface area contributed by atoms with E-state index in [9.17, 15) is 61.1 Å². The van der Waals surface area contributed by atoms with Gasteiger partial charge in [-0.05, 0) is 0 Å². The van der Waals surface area contributed by atoms with Crippen LogP contribution in [-0.2, 0) is 10.1 Å². The third-order valence-electron chi connectivity index (χ3n) is 2.51. The summed E-state index contributed by atoms with van der Waals surface area (Å²) in [6, 6.07) is 0. The first-order chi connectivity index (χ1) is 11.7. The predicted octanol–water partition coefficient (Wildman–Crippen LogP) is 3.45. The molecule has 164 valence electrons. The topological polar surface area (TPSA) is 80.4 Å². The largest absolute Gasteiger partial charge is 0.382 e.